The molecule has 0 aliphatic carbocycles. The largest absolute Gasteiger partial charge is 0.504 e. The van der Waals surface area contributed by atoms with Crippen LogP contribution in [0.5, 0.6) is 11.5 Å². The fourth-order valence-electron chi connectivity index (χ4n) is 1.81. The third-order valence-corrected chi connectivity index (χ3v) is 3.77. The van der Waals surface area contributed by atoms with Gasteiger partial charge in [0, 0.05) is 11.8 Å². The van der Waals surface area contributed by atoms with Crippen LogP contribution in [-0.2, 0) is 11.2 Å². The van der Waals surface area contributed by atoms with E-state index < -0.39 is 6.04 Å². The number of phenols is 2. The predicted octanol–water partition coefficient (Wildman–Crippen LogP) is 1.23. The lowest BCUT2D eigenvalue weighted by Gasteiger charge is -2.19. The summed E-state index contributed by atoms with van der Waals surface area (Å²) in [5, 5.41) is 21.6. The maximum Gasteiger partial charge on any atom is 0.237 e. The molecule has 0 heterocycles. The first kappa shape index (κ1) is 16.7. The van der Waals surface area contributed by atoms with E-state index >= 15 is 0 Å². The van der Waals surface area contributed by atoms with Crippen LogP contribution in [0.4, 0.5) is 0 Å². The molecule has 5 nitrogen and oxygen atoms in total. The molecule has 112 valence electrons. The predicted molar refractivity (Wildman–Crippen MR) is 82.1 cm³/mol. The molecule has 0 radical (unpaired) electrons. The normalized spacial score (nSPS) is 13.8. The molecule has 6 heteroatoms. The first-order chi connectivity index (χ1) is 9.47. The summed E-state index contributed by atoms with van der Waals surface area (Å²) in [4.78, 5) is 12.0. The summed E-state index contributed by atoms with van der Waals surface area (Å²) in [5.41, 5.74) is 6.58. The molecule has 5 N–H and O–H groups in total. The minimum Gasteiger partial charge on any atom is -0.504 e. The Kier molecular flexibility index (Phi) is 6.67. The minimum atomic E-state index is -0.671. The summed E-state index contributed by atoms with van der Waals surface area (Å²) in [6.07, 6.45) is 3.17. The molecular weight excluding hydrogens is 276 g/mol. The number of hydrogen-bond donors (Lipinski definition) is 4. The van der Waals surface area contributed by atoms with Gasteiger partial charge in [0.15, 0.2) is 11.5 Å². The van der Waals surface area contributed by atoms with Crippen LogP contribution in [0.2, 0.25) is 0 Å². The van der Waals surface area contributed by atoms with E-state index in [1.165, 1.54) is 12.1 Å². The van der Waals surface area contributed by atoms with Crippen molar-refractivity contribution in [1.29, 1.82) is 0 Å². The highest BCUT2D eigenvalue weighted by molar-refractivity contribution is 7.98. The molecule has 1 aromatic carbocycles. The highest BCUT2D eigenvalue weighted by Gasteiger charge is 2.17. The smallest absolute Gasteiger partial charge is 0.237 e. The number of amides is 1. The van der Waals surface area contributed by atoms with E-state index in [1.807, 2.05) is 13.2 Å². The Morgan fingerprint density at radius 1 is 1.40 bits per heavy atom. The molecule has 0 fully saturated rings. The molecule has 0 aliphatic heterocycles. The van der Waals surface area contributed by atoms with E-state index in [1.54, 1.807) is 17.8 Å². The number of thioether (sulfide) groups is 1. The number of nitrogens with two attached hydrogens (primary N) is 1. The van der Waals surface area contributed by atoms with Crippen molar-refractivity contribution >= 4 is 17.7 Å². The Hall–Kier alpha value is -1.40. The highest BCUT2D eigenvalue weighted by atomic mass is 32.2. The second-order valence-electron chi connectivity index (χ2n) is 4.70. The Labute approximate surface area is 123 Å². The molecule has 1 aromatic rings. The molecule has 20 heavy (non-hydrogen) atoms. The second-order valence-corrected chi connectivity index (χ2v) is 5.61. The van der Waals surface area contributed by atoms with Crippen LogP contribution in [-0.4, -0.2) is 40.2 Å². The van der Waals surface area contributed by atoms with E-state index in [0.29, 0.717) is 12.0 Å². The second kappa shape index (κ2) is 8.01. The lowest BCUT2D eigenvalue weighted by atomic mass is 10.0. The van der Waals surface area contributed by atoms with Crippen molar-refractivity contribution in [2.45, 2.75) is 31.8 Å². The van der Waals surface area contributed by atoms with Gasteiger partial charge in [0.2, 0.25) is 5.91 Å². The molecule has 1 amide bonds. The first-order valence-corrected chi connectivity index (χ1v) is 7.93. The van der Waals surface area contributed by atoms with Crippen molar-refractivity contribution in [3.8, 4) is 11.5 Å². The number of benzene rings is 1. The molecular formula is C14H22N2O3S. The van der Waals surface area contributed by atoms with Crippen molar-refractivity contribution in [3.63, 3.8) is 0 Å². The SMILES string of the molecule is CCC(CSC)NC(=O)[C@@H](N)Cc1ccc(O)c(O)c1. The third kappa shape index (κ3) is 4.94. The number of aromatic hydroxyl groups is 2. The van der Waals surface area contributed by atoms with Gasteiger partial charge in [-0.15, -0.1) is 0 Å². The quantitative estimate of drug-likeness (QED) is 0.568. The van der Waals surface area contributed by atoms with Gasteiger partial charge in [-0.2, -0.15) is 11.8 Å². The van der Waals surface area contributed by atoms with E-state index in [0.717, 1.165) is 12.2 Å². The molecule has 0 bridgehead atoms. The van der Waals surface area contributed by atoms with Gasteiger partial charge in [-0.1, -0.05) is 13.0 Å². The van der Waals surface area contributed by atoms with Gasteiger partial charge in [-0.3, -0.25) is 4.79 Å². The number of carbonyl (C=O) groups is 1. The van der Waals surface area contributed by atoms with E-state index in [9.17, 15) is 15.0 Å². The van der Waals surface area contributed by atoms with Gasteiger partial charge in [-0.05, 0) is 36.8 Å². The molecule has 2 atom stereocenters. The number of nitrogens with one attached hydrogen (secondary N) is 1. The van der Waals surface area contributed by atoms with Gasteiger partial charge >= 0.3 is 0 Å². The number of hydrogen-bond acceptors (Lipinski definition) is 5. The van der Waals surface area contributed by atoms with Gasteiger partial charge in [-0.25, -0.2) is 0 Å². The Morgan fingerprint density at radius 2 is 2.10 bits per heavy atom. The molecule has 1 rings (SSSR count). The summed E-state index contributed by atoms with van der Waals surface area (Å²) < 4.78 is 0. The number of phenolic OH excluding ortho intramolecular Hbond substituents is 2. The van der Waals surface area contributed by atoms with Gasteiger partial charge < -0.3 is 21.3 Å². The minimum absolute atomic E-state index is 0.122. The zero-order chi connectivity index (χ0) is 15.1. The average molecular weight is 298 g/mol. The van der Waals surface area contributed by atoms with Crippen molar-refractivity contribution in [2.75, 3.05) is 12.0 Å². The maximum absolute atomic E-state index is 12.0. The van der Waals surface area contributed by atoms with Gasteiger partial charge in [0.1, 0.15) is 0 Å². The Morgan fingerprint density at radius 3 is 2.65 bits per heavy atom. The zero-order valence-corrected chi connectivity index (χ0v) is 12.6. The Bertz CT molecular complexity index is 454. The van der Waals surface area contributed by atoms with Crippen LogP contribution in [0.3, 0.4) is 0 Å². The van der Waals surface area contributed by atoms with Gasteiger partial charge in [0.25, 0.3) is 0 Å². The molecule has 1 unspecified atom stereocenters. The summed E-state index contributed by atoms with van der Waals surface area (Å²) in [6, 6.07) is 3.90. The number of carbonyl (C=O) groups excluding carboxylic acids is 1. The summed E-state index contributed by atoms with van der Waals surface area (Å²) in [7, 11) is 0. The topological polar surface area (TPSA) is 95.6 Å². The molecule has 0 aliphatic rings. The fraction of sp³-hybridized carbons (Fsp3) is 0.500. The van der Waals surface area contributed by atoms with Crippen molar-refractivity contribution in [1.82, 2.24) is 5.32 Å². The van der Waals surface area contributed by atoms with Crippen LogP contribution in [0.25, 0.3) is 0 Å². The average Bonchev–Trinajstić information content (AvgIpc) is 2.42. The van der Waals surface area contributed by atoms with E-state index in [2.05, 4.69) is 5.32 Å². The highest BCUT2D eigenvalue weighted by Crippen LogP contribution is 2.25. The first-order valence-electron chi connectivity index (χ1n) is 6.53. The number of rotatable bonds is 7. The van der Waals surface area contributed by atoms with Crippen LogP contribution in [0, 0.1) is 0 Å². The molecule has 0 saturated carbocycles. The van der Waals surface area contributed by atoms with Gasteiger partial charge in [0.05, 0.1) is 6.04 Å². The van der Waals surface area contributed by atoms with Crippen molar-refractivity contribution < 1.29 is 15.0 Å². The fourth-order valence-corrected chi connectivity index (χ4v) is 2.54. The summed E-state index contributed by atoms with van der Waals surface area (Å²) in [6.45, 7) is 2.02. The summed E-state index contributed by atoms with van der Waals surface area (Å²) >= 11 is 1.68. The third-order valence-electron chi connectivity index (χ3n) is 3.04. The van der Waals surface area contributed by atoms with Crippen LogP contribution in [0.15, 0.2) is 18.2 Å². The summed E-state index contributed by atoms with van der Waals surface area (Å²) in [5.74, 6) is 0.273. The zero-order valence-electron chi connectivity index (χ0n) is 11.8. The van der Waals surface area contributed by atoms with Crippen LogP contribution >= 0.6 is 11.8 Å². The van der Waals surface area contributed by atoms with E-state index in [-0.39, 0.29) is 23.4 Å². The van der Waals surface area contributed by atoms with Crippen LogP contribution in [0.1, 0.15) is 18.9 Å². The van der Waals surface area contributed by atoms with Crippen molar-refractivity contribution in [2.24, 2.45) is 5.73 Å². The lowest BCUT2D eigenvalue weighted by molar-refractivity contribution is -0.122. The Balaban J connectivity index is 2.58. The lowest BCUT2D eigenvalue weighted by Crippen LogP contribution is -2.47. The van der Waals surface area contributed by atoms with Crippen molar-refractivity contribution in [3.05, 3.63) is 23.8 Å². The van der Waals surface area contributed by atoms with E-state index in [4.69, 9.17) is 5.73 Å². The standard InChI is InChI=1S/C14H22N2O3S/c1-3-10(8-20-2)16-14(19)11(15)6-9-4-5-12(17)13(18)7-9/h4-5,7,10-11,17-18H,3,6,8,15H2,1-2H3,(H,16,19)/t10?,11-/m0/s1. The maximum atomic E-state index is 12.0. The monoisotopic (exact) mass is 298 g/mol. The molecule has 0 spiro atoms. The molecule has 0 saturated heterocycles. The molecule has 0 aromatic heterocycles. The van der Waals surface area contributed by atoms with Crippen LogP contribution < -0.4 is 11.1 Å².